The molecule has 2 fully saturated rings. The molecule has 4 aliphatic rings. The average molecular weight is 608 g/mol. The third kappa shape index (κ3) is 5.51. The lowest BCUT2D eigenvalue weighted by Gasteiger charge is -2.61. The van der Waals surface area contributed by atoms with E-state index < -0.39 is 5.60 Å². The molecular formula is C40H51N2O3+. The molecule has 5 heteroatoms. The highest BCUT2D eigenvalue weighted by Crippen LogP contribution is 2.64. The van der Waals surface area contributed by atoms with Crippen molar-refractivity contribution in [2.75, 3.05) is 26.7 Å². The van der Waals surface area contributed by atoms with Gasteiger partial charge in [-0.05, 0) is 80.2 Å². The lowest BCUT2D eigenvalue weighted by molar-refractivity contribution is -0.997. The summed E-state index contributed by atoms with van der Waals surface area (Å²) in [4.78, 5) is 0. The fourth-order valence-corrected chi connectivity index (χ4v) is 9.71. The van der Waals surface area contributed by atoms with Gasteiger partial charge >= 0.3 is 0 Å². The number of aliphatic hydroxyl groups is 1. The number of hydrogen-bond donors (Lipinski definition) is 2. The Balaban J connectivity index is 1.13. The Morgan fingerprint density at radius 1 is 1.00 bits per heavy atom. The molecule has 2 heterocycles. The van der Waals surface area contributed by atoms with Crippen molar-refractivity contribution in [3.63, 3.8) is 0 Å². The number of piperidine rings is 1. The van der Waals surface area contributed by atoms with Gasteiger partial charge in [-0.25, -0.2) is 4.59 Å². The van der Waals surface area contributed by atoms with E-state index in [1.165, 1.54) is 35.1 Å². The number of quaternary nitrogens is 1. The Morgan fingerprint density at radius 3 is 2.49 bits per heavy atom. The fourth-order valence-electron chi connectivity index (χ4n) is 9.71. The average Bonchev–Trinajstić information content (AvgIpc) is 3.42. The summed E-state index contributed by atoms with van der Waals surface area (Å²) in [5.74, 6) is 2.45. The smallest absolute Gasteiger partial charge is 0.165 e. The maximum Gasteiger partial charge on any atom is 0.165 e. The Hall–Kier alpha value is -3.12. The Labute approximate surface area is 269 Å². The van der Waals surface area contributed by atoms with Crippen LogP contribution in [0.1, 0.15) is 73.6 Å². The van der Waals surface area contributed by atoms with Gasteiger partial charge in [-0.15, -0.1) is 0 Å². The van der Waals surface area contributed by atoms with Gasteiger partial charge in [0.05, 0.1) is 31.2 Å². The van der Waals surface area contributed by atoms with Gasteiger partial charge in [0, 0.05) is 24.3 Å². The van der Waals surface area contributed by atoms with Gasteiger partial charge in [0.2, 0.25) is 0 Å². The van der Waals surface area contributed by atoms with Crippen molar-refractivity contribution in [1.29, 1.82) is 0 Å². The van der Waals surface area contributed by atoms with Gasteiger partial charge in [0.25, 0.3) is 0 Å². The number of hydrogen-bond acceptors (Lipinski definition) is 4. The third-order valence-corrected chi connectivity index (χ3v) is 11.9. The summed E-state index contributed by atoms with van der Waals surface area (Å²) in [5, 5.41) is 12.4. The molecule has 238 valence electrons. The molecule has 2 aliphatic heterocycles. The zero-order valence-electron chi connectivity index (χ0n) is 27.1. The molecule has 5 nitrogen and oxygen atoms in total. The largest absolute Gasteiger partial charge is 0.493 e. The molecule has 0 aromatic heterocycles. The van der Waals surface area contributed by atoms with Crippen molar-refractivity contribution in [3.05, 3.63) is 108 Å². The molecule has 1 saturated heterocycles. The van der Waals surface area contributed by atoms with Crippen LogP contribution in [-0.4, -0.2) is 54.2 Å². The van der Waals surface area contributed by atoms with Crippen LogP contribution >= 0.6 is 0 Å². The van der Waals surface area contributed by atoms with Crippen LogP contribution in [0.25, 0.3) is 0 Å². The summed E-state index contributed by atoms with van der Waals surface area (Å²) in [6.45, 7) is 6.73. The lowest BCUT2D eigenvalue weighted by Crippen LogP contribution is -2.76. The van der Waals surface area contributed by atoms with Crippen LogP contribution in [0.15, 0.2) is 85.5 Å². The number of methoxy groups -OCH3 is 1. The Bertz CT molecular complexity index is 1480. The molecule has 6 atom stereocenters. The van der Waals surface area contributed by atoms with Crippen LogP contribution in [0.4, 0.5) is 0 Å². The van der Waals surface area contributed by atoms with Gasteiger partial charge < -0.3 is 14.6 Å². The Kier molecular flexibility index (Phi) is 8.54. The number of benzene rings is 3. The number of aryl methyl sites for hydroxylation is 2. The maximum absolute atomic E-state index is 12.4. The molecule has 3 aromatic rings. The van der Waals surface area contributed by atoms with Crippen LogP contribution in [-0.2, 0) is 24.7 Å². The van der Waals surface area contributed by atoms with E-state index in [0.717, 1.165) is 87.0 Å². The molecule has 1 spiro atoms. The molecule has 2 unspecified atom stereocenters. The minimum Gasteiger partial charge on any atom is -0.493 e. The highest BCUT2D eigenvalue weighted by Gasteiger charge is 2.68. The fraction of sp³-hybridized carbons (Fsp3) is 0.500. The van der Waals surface area contributed by atoms with Crippen LogP contribution in [0, 0.1) is 5.92 Å². The van der Waals surface area contributed by atoms with Crippen LogP contribution in [0.2, 0.25) is 0 Å². The predicted octanol–water partition coefficient (Wildman–Crippen LogP) is 7.11. The molecule has 3 aromatic carbocycles. The van der Waals surface area contributed by atoms with Crippen LogP contribution in [0.3, 0.4) is 0 Å². The number of nitrogens with one attached hydrogen (secondary N) is 1. The molecule has 2 N–H and O–H groups in total. The van der Waals surface area contributed by atoms with Crippen molar-refractivity contribution in [1.82, 2.24) is 5.43 Å². The standard InChI is InChI=1S/C40H51N2O3/c1-3-26-42(27-25-40-33-18-12-19-36(40)45-38-35(44-2)21-20-32(37(38)40)28-34(33)42)41-29-39(43,24-22-31-15-8-5-9-16-31)23-11-10-17-30-13-6-4-7-14-30/h3-9,13-16,20-21,33-34,36,41,43H,1,10-12,17-19,22-29H2,2H3/q+1/t33-,34+,36-,39?,40+,42?/m0/s1. The van der Waals surface area contributed by atoms with Crippen molar-refractivity contribution >= 4 is 0 Å². The van der Waals surface area contributed by atoms with Gasteiger partial charge in [-0.1, -0.05) is 79.7 Å². The summed E-state index contributed by atoms with van der Waals surface area (Å²) in [6, 6.07) is 26.2. The van der Waals surface area contributed by atoms with Gasteiger partial charge in [-0.3, -0.25) is 0 Å². The second-order valence-corrected chi connectivity index (χ2v) is 14.3. The van der Waals surface area contributed by atoms with E-state index in [4.69, 9.17) is 9.47 Å². The summed E-state index contributed by atoms with van der Waals surface area (Å²) >= 11 is 0. The minimum absolute atomic E-state index is 0.0754. The first-order valence-corrected chi connectivity index (χ1v) is 17.4. The van der Waals surface area contributed by atoms with Crippen LogP contribution in [0.5, 0.6) is 11.5 Å². The number of unbranched alkanes of at least 4 members (excludes halogenated alkanes) is 1. The lowest BCUT2D eigenvalue weighted by atomic mass is 9.51. The zero-order chi connectivity index (χ0) is 30.9. The number of nitrogens with zero attached hydrogens (tertiary/aromatic N) is 1. The van der Waals surface area contributed by atoms with Crippen molar-refractivity contribution in [3.8, 4) is 11.5 Å². The molecule has 2 bridgehead atoms. The van der Waals surface area contributed by atoms with E-state index in [1.807, 2.05) is 0 Å². The summed E-state index contributed by atoms with van der Waals surface area (Å²) in [5.41, 5.74) is 8.95. The second kappa shape index (κ2) is 12.6. The first kappa shape index (κ1) is 30.5. The maximum atomic E-state index is 12.4. The van der Waals surface area contributed by atoms with E-state index in [9.17, 15) is 5.11 Å². The van der Waals surface area contributed by atoms with Crippen molar-refractivity contribution < 1.29 is 19.2 Å². The molecule has 2 aliphatic carbocycles. The summed E-state index contributed by atoms with van der Waals surface area (Å²) in [7, 11) is 1.77. The quantitative estimate of drug-likeness (QED) is 0.117. The minimum atomic E-state index is -0.785. The van der Waals surface area contributed by atoms with Gasteiger partial charge in [0.15, 0.2) is 11.5 Å². The number of ether oxygens (including phenoxy) is 2. The van der Waals surface area contributed by atoms with E-state index in [1.54, 1.807) is 7.11 Å². The Morgan fingerprint density at radius 2 is 1.76 bits per heavy atom. The van der Waals surface area contributed by atoms with Crippen LogP contribution < -0.4 is 14.9 Å². The molecule has 0 amide bonds. The summed E-state index contributed by atoms with van der Waals surface area (Å²) in [6.07, 6.45) is 13.6. The second-order valence-electron chi connectivity index (χ2n) is 14.3. The predicted molar refractivity (Wildman–Crippen MR) is 180 cm³/mol. The first-order valence-electron chi connectivity index (χ1n) is 17.4. The molecule has 1 saturated carbocycles. The third-order valence-electron chi connectivity index (χ3n) is 11.9. The van der Waals surface area contributed by atoms with E-state index in [-0.39, 0.29) is 11.5 Å². The van der Waals surface area contributed by atoms with E-state index >= 15 is 0 Å². The topological polar surface area (TPSA) is 50.7 Å². The van der Waals surface area contributed by atoms with E-state index in [2.05, 4.69) is 90.9 Å². The normalized spacial score (nSPS) is 28.9. The highest BCUT2D eigenvalue weighted by atomic mass is 16.5. The first-order chi connectivity index (χ1) is 22.0. The number of rotatable bonds is 14. The SMILES string of the molecule is C=CC[N+]1(NCC(O)(CCCCc2ccccc2)CCc2ccccc2)CC[C@]23c4c5ccc(OC)c4O[C@H]2CCC[C@H]3[C@H]1C5. The summed E-state index contributed by atoms with van der Waals surface area (Å²) < 4.78 is 13.4. The highest BCUT2D eigenvalue weighted by molar-refractivity contribution is 5.60. The molecule has 7 rings (SSSR count). The number of likely N-dealkylation sites (tertiary alicyclic amines) is 1. The zero-order valence-corrected chi connectivity index (χ0v) is 27.1. The molecule has 45 heavy (non-hydrogen) atoms. The van der Waals surface area contributed by atoms with E-state index in [0.29, 0.717) is 18.5 Å². The van der Waals surface area contributed by atoms with Gasteiger partial charge in [-0.2, -0.15) is 5.43 Å². The van der Waals surface area contributed by atoms with Gasteiger partial charge in [0.1, 0.15) is 18.7 Å². The monoisotopic (exact) mass is 607 g/mol. The van der Waals surface area contributed by atoms with Crippen molar-refractivity contribution in [2.24, 2.45) is 5.92 Å². The van der Waals surface area contributed by atoms with Crippen molar-refractivity contribution in [2.45, 2.75) is 93.8 Å². The molecular weight excluding hydrogens is 556 g/mol. The molecule has 0 radical (unpaired) electrons.